The number of unbranched alkanes of at least 4 members (excludes halogenated alkanes) is 16. The lowest BCUT2D eigenvalue weighted by molar-refractivity contribution is -0.139. The third-order valence-corrected chi connectivity index (χ3v) is 22.7. The summed E-state index contributed by atoms with van der Waals surface area (Å²) in [6.45, 7) is 24.5. The Morgan fingerprint density at radius 3 is 1.41 bits per heavy atom. The Balaban J connectivity index is 4.56. The van der Waals surface area contributed by atoms with E-state index >= 15 is 0 Å². The Kier molecular flexibility index (Phi) is 24.1. The van der Waals surface area contributed by atoms with Gasteiger partial charge < -0.3 is 22.2 Å². The van der Waals surface area contributed by atoms with Crippen molar-refractivity contribution in [3.63, 3.8) is 0 Å². The van der Waals surface area contributed by atoms with Crippen LogP contribution in [-0.2, 0) is 21.9 Å². The van der Waals surface area contributed by atoms with Crippen molar-refractivity contribution in [2.24, 2.45) is 0 Å². The summed E-state index contributed by atoms with van der Waals surface area (Å²) in [5.41, 5.74) is 0.474. The minimum atomic E-state index is -2.37. The van der Waals surface area contributed by atoms with Gasteiger partial charge in [0, 0.05) is 12.2 Å². The second-order valence-corrected chi connectivity index (χ2v) is 31.5. The number of ether oxygens (including phenoxy) is 1. The van der Waals surface area contributed by atoms with Crippen molar-refractivity contribution in [1.29, 1.82) is 0 Å². The van der Waals surface area contributed by atoms with Crippen molar-refractivity contribution in [2.75, 3.05) is 13.2 Å². The highest BCUT2D eigenvalue weighted by molar-refractivity contribution is 6.89. The van der Waals surface area contributed by atoms with Crippen molar-refractivity contribution in [1.82, 2.24) is 0 Å². The molecular formula is C34H74O6Si4. The number of carbonyl (C=O) groups is 1. The first-order valence-corrected chi connectivity index (χ1v) is 29.9. The monoisotopic (exact) mass is 690 g/mol. The van der Waals surface area contributed by atoms with E-state index in [1.807, 2.05) is 0 Å². The van der Waals surface area contributed by atoms with Crippen LogP contribution in [0.4, 0.5) is 0 Å². The molecule has 0 aromatic carbocycles. The van der Waals surface area contributed by atoms with E-state index in [0.717, 1.165) is 25.3 Å². The average Bonchev–Trinajstić information content (AvgIpc) is 2.87. The first kappa shape index (κ1) is 43.9. The van der Waals surface area contributed by atoms with Gasteiger partial charge in [-0.15, -0.1) is 0 Å². The van der Waals surface area contributed by atoms with Gasteiger partial charge >= 0.3 is 23.1 Å². The maximum atomic E-state index is 11.4. The molecule has 0 aromatic heterocycles. The number of hydrogen-bond acceptors (Lipinski definition) is 6. The molecule has 0 saturated carbocycles. The first-order chi connectivity index (χ1) is 20.5. The molecule has 44 heavy (non-hydrogen) atoms. The molecule has 6 nitrogen and oxygen atoms in total. The molecular weight excluding hydrogens is 617 g/mol. The summed E-state index contributed by atoms with van der Waals surface area (Å²) >= 11 is 0. The number of aliphatic hydroxyl groups excluding tert-OH is 1. The van der Waals surface area contributed by atoms with Crippen molar-refractivity contribution < 1.29 is 27.0 Å². The summed E-state index contributed by atoms with van der Waals surface area (Å²) in [5.74, 6) is -0.274. The van der Waals surface area contributed by atoms with E-state index < -0.39 is 33.8 Å². The molecule has 1 atom stereocenters. The van der Waals surface area contributed by atoms with Crippen LogP contribution in [-0.4, -0.2) is 58.0 Å². The Bertz CT molecular complexity index is 757. The molecule has 10 heteroatoms. The molecule has 0 bridgehead atoms. The van der Waals surface area contributed by atoms with E-state index in [-0.39, 0.29) is 5.97 Å². The Labute approximate surface area is 278 Å². The summed E-state index contributed by atoms with van der Waals surface area (Å²) in [6, 6.07) is 2.27. The number of carbonyl (C=O) groups excluding carboxylic acids is 1. The Morgan fingerprint density at radius 2 is 0.977 bits per heavy atom. The molecule has 0 aliphatic rings. The van der Waals surface area contributed by atoms with E-state index in [1.165, 1.54) is 102 Å². The lowest BCUT2D eigenvalue weighted by Gasteiger charge is -2.42. The summed E-state index contributed by atoms with van der Waals surface area (Å²) in [5, 5.41) is 8.91. The van der Waals surface area contributed by atoms with Crippen molar-refractivity contribution >= 4 is 39.7 Å². The third kappa shape index (κ3) is 27.1. The first-order valence-electron chi connectivity index (χ1n) is 18.0. The fourth-order valence-electron chi connectivity index (χ4n) is 6.01. The quantitative estimate of drug-likeness (QED) is 0.0350. The van der Waals surface area contributed by atoms with Gasteiger partial charge in [0.05, 0.1) is 6.61 Å². The molecule has 0 spiro atoms. The average molecular weight is 691 g/mol. The van der Waals surface area contributed by atoms with Crippen LogP contribution in [0.15, 0.2) is 12.2 Å². The van der Waals surface area contributed by atoms with Crippen molar-refractivity contribution in [2.45, 2.75) is 187 Å². The number of aliphatic hydroxyl groups is 1. The van der Waals surface area contributed by atoms with Crippen LogP contribution in [0.3, 0.4) is 0 Å². The molecule has 0 rings (SSSR count). The molecule has 262 valence electrons. The van der Waals surface area contributed by atoms with Crippen LogP contribution in [0.5, 0.6) is 0 Å². The smallest absolute Gasteiger partial charge is 0.333 e. The Hall–Kier alpha value is -0.0825. The highest BCUT2D eigenvalue weighted by Gasteiger charge is 2.44. The second-order valence-electron chi connectivity index (χ2n) is 15.2. The highest BCUT2D eigenvalue weighted by Crippen LogP contribution is 2.31. The van der Waals surface area contributed by atoms with Crippen LogP contribution < -0.4 is 0 Å². The summed E-state index contributed by atoms with van der Waals surface area (Å²) in [4.78, 5) is 11.4. The van der Waals surface area contributed by atoms with Crippen molar-refractivity contribution in [3.05, 3.63) is 12.2 Å². The predicted octanol–water partition coefficient (Wildman–Crippen LogP) is 11.0. The number of esters is 1. The van der Waals surface area contributed by atoms with Gasteiger partial charge in [-0.25, -0.2) is 4.79 Å². The van der Waals surface area contributed by atoms with E-state index in [1.54, 1.807) is 6.92 Å². The van der Waals surface area contributed by atoms with E-state index in [9.17, 15) is 4.79 Å². The summed E-state index contributed by atoms with van der Waals surface area (Å²) in [7, 11) is -8.18. The SMILES string of the molecule is C=C(C)C(=O)OCCCCCCCCCCC[Si](C)(O[Si](C)(C)CCCCCCCCCCCO)O[Si](C)(C)O[Si](C)(C)C. The molecule has 1 unspecified atom stereocenters. The van der Waals surface area contributed by atoms with Gasteiger partial charge in [0.15, 0.2) is 16.6 Å². The van der Waals surface area contributed by atoms with E-state index in [4.69, 9.17) is 22.2 Å². The summed E-state index contributed by atoms with van der Waals surface area (Å²) < 4.78 is 25.9. The second kappa shape index (κ2) is 24.1. The van der Waals surface area contributed by atoms with Crippen LogP contribution in [0, 0.1) is 0 Å². The predicted molar refractivity (Wildman–Crippen MR) is 199 cm³/mol. The molecule has 0 radical (unpaired) electrons. The maximum absolute atomic E-state index is 11.4. The van der Waals surface area contributed by atoms with E-state index in [2.05, 4.69) is 59.0 Å². The molecule has 0 aromatic rings. The van der Waals surface area contributed by atoms with Gasteiger partial charge in [-0.1, -0.05) is 109 Å². The minimum Gasteiger partial charge on any atom is -0.462 e. The van der Waals surface area contributed by atoms with Crippen LogP contribution in [0.1, 0.15) is 122 Å². The standard InChI is InChI=1S/C34H74O6Si4/c1-33(2)34(36)37-30-26-22-18-14-12-16-20-24-28-32-44(10,40-43(8,9)38-41(3,4)5)39-42(6,7)31-27-23-19-15-11-13-17-21-25-29-35/h35H,1,11-32H2,2-10H3. The molecule has 0 saturated heterocycles. The van der Waals surface area contributed by atoms with Gasteiger partial charge in [0.2, 0.25) is 0 Å². The largest absolute Gasteiger partial charge is 0.462 e. The Morgan fingerprint density at radius 1 is 0.568 bits per heavy atom. The fourth-order valence-corrected chi connectivity index (χ4v) is 25.0. The molecule has 0 fully saturated rings. The van der Waals surface area contributed by atoms with Gasteiger partial charge in [0.25, 0.3) is 0 Å². The van der Waals surface area contributed by atoms with Crippen molar-refractivity contribution in [3.8, 4) is 0 Å². The lowest BCUT2D eigenvalue weighted by atomic mass is 10.1. The fraction of sp³-hybridized carbons (Fsp3) is 0.912. The van der Waals surface area contributed by atoms with Gasteiger partial charge in [-0.3, -0.25) is 0 Å². The van der Waals surface area contributed by atoms with Gasteiger partial charge in [0.1, 0.15) is 0 Å². The van der Waals surface area contributed by atoms with Gasteiger partial charge in [-0.05, 0) is 84.2 Å². The molecule has 1 N–H and O–H groups in total. The maximum Gasteiger partial charge on any atom is 0.333 e. The topological polar surface area (TPSA) is 74.2 Å². The normalized spacial score (nSPS) is 14.0. The zero-order valence-electron chi connectivity index (χ0n) is 30.8. The van der Waals surface area contributed by atoms with E-state index in [0.29, 0.717) is 18.8 Å². The highest BCUT2D eigenvalue weighted by atomic mass is 28.5. The third-order valence-electron chi connectivity index (χ3n) is 7.80. The minimum absolute atomic E-state index is 0.274. The number of hydrogen-bond donors (Lipinski definition) is 1. The van der Waals surface area contributed by atoms with Gasteiger partial charge in [-0.2, -0.15) is 0 Å². The van der Waals surface area contributed by atoms with Crippen LogP contribution >= 0.6 is 0 Å². The molecule has 0 heterocycles. The summed E-state index contributed by atoms with van der Waals surface area (Å²) in [6.07, 6.45) is 22.0. The molecule has 0 aliphatic heterocycles. The molecule has 0 aliphatic carbocycles. The molecule has 0 amide bonds. The zero-order chi connectivity index (χ0) is 33.5. The van der Waals surface area contributed by atoms with Crippen LogP contribution in [0.2, 0.25) is 64.5 Å². The van der Waals surface area contributed by atoms with Crippen LogP contribution in [0.25, 0.3) is 0 Å². The zero-order valence-corrected chi connectivity index (χ0v) is 34.8. The number of rotatable bonds is 30. The lowest BCUT2D eigenvalue weighted by Crippen LogP contribution is -2.57.